The van der Waals surface area contributed by atoms with Crippen molar-refractivity contribution in [1.82, 2.24) is 0 Å². The molecule has 0 aliphatic rings. The minimum Gasteiger partial charge on any atom is -0.465 e. The minimum atomic E-state index is -0.308. The lowest BCUT2D eigenvalue weighted by molar-refractivity contribution is 0.0606. The number of rotatable bonds is 4. The van der Waals surface area contributed by atoms with E-state index in [2.05, 4.69) is 4.74 Å². The molecule has 0 aliphatic carbocycles. The van der Waals surface area contributed by atoms with Crippen LogP contribution < -0.4 is 5.73 Å². The van der Waals surface area contributed by atoms with E-state index in [1.54, 1.807) is 6.07 Å². The fraction of sp³-hybridized carbons (Fsp3) is 0.250. The number of carbonyl (C=O) groups excluding carboxylic acids is 1. The van der Waals surface area contributed by atoms with Gasteiger partial charge in [-0.3, -0.25) is 0 Å². The Morgan fingerprint density at radius 2 is 2.50 bits per heavy atom. The second-order valence-corrected chi connectivity index (χ2v) is 4.88. The third-order valence-electron chi connectivity index (χ3n) is 1.34. The fourth-order valence-corrected chi connectivity index (χ4v) is 2.62. The first-order valence-electron chi connectivity index (χ1n) is 3.71. The number of esters is 1. The molecule has 0 saturated carbocycles. The molecule has 1 heterocycles. The molecule has 0 radical (unpaired) electrons. The quantitative estimate of drug-likeness (QED) is 0.500. The average Bonchev–Trinajstić information content (AvgIpc) is 2.62. The Morgan fingerprint density at radius 1 is 1.79 bits per heavy atom. The summed E-state index contributed by atoms with van der Waals surface area (Å²) in [5.74, 6) is 0.282. The van der Waals surface area contributed by atoms with Crippen LogP contribution in [0.2, 0.25) is 0 Å². The summed E-state index contributed by atoms with van der Waals surface area (Å²) in [6, 6.07) is 1.78. The molecule has 0 unspecified atom stereocenters. The summed E-state index contributed by atoms with van der Waals surface area (Å²) < 4.78 is 4.59. The Hall–Kier alpha value is -0.590. The average molecular weight is 247 g/mol. The van der Waals surface area contributed by atoms with Crippen LogP contribution in [0, 0.1) is 0 Å². The van der Waals surface area contributed by atoms with Crippen LogP contribution in [0.3, 0.4) is 0 Å². The molecule has 0 amide bonds. The van der Waals surface area contributed by atoms with E-state index in [4.69, 9.17) is 18.0 Å². The highest BCUT2D eigenvalue weighted by Crippen LogP contribution is 2.24. The smallest absolute Gasteiger partial charge is 0.348 e. The van der Waals surface area contributed by atoms with Crippen molar-refractivity contribution in [3.05, 3.63) is 16.3 Å². The van der Waals surface area contributed by atoms with Gasteiger partial charge in [-0.2, -0.15) is 0 Å². The van der Waals surface area contributed by atoms with Crippen molar-refractivity contribution in [2.45, 2.75) is 4.90 Å². The third kappa shape index (κ3) is 3.28. The zero-order valence-electron chi connectivity index (χ0n) is 7.48. The van der Waals surface area contributed by atoms with Gasteiger partial charge in [-0.15, -0.1) is 23.1 Å². The molecule has 0 atom stereocenters. The van der Waals surface area contributed by atoms with E-state index >= 15 is 0 Å². The minimum absolute atomic E-state index is 0.308. The van der Waals surface area contributed by atoms with Crippen molar-refractivity contribution in [3.63, 3.8) is 0 Å². The summed E-state index contributed by atoms with van der Waals surface area (Å²) in [6.45, 7) is 0. The highest BCUT2D eigenvalue weighted by atomic mass is 32.2. The van der Waals surface area contributed by atoms with Crippen LogP contribution in [-0.4, -0.2) is 23.8 Å². The number of thiocarbonyl (C=S) groups is 1. The highest BCUT2D eigenvalue weighted by molar-refractivity contribution is 8.01. The zero-order valence-corrected chi connectivity index (χ0v) is 9.93. The molecule has 0 bridgehead atoms. The van der Waals surface area contributed by atoms with Crippen molar-refractivity contribution in [2.24, 2.45) is 5.73 Å². The van der Waals surface area contributed by atoms with Gasteiger partial charge in [0.05, 0.1) is 12.1 Å². The Bertz CT molecular complexity index is 348. The van der Waals surface area contributed by atoms with E-state index in [0.717, 1.165) is 4.90 Å². The maximum absolute atomic E-state index is 11.1. The number of hydrogen-bond donors (Lipinski definition) is 1. The lowest BCUT2D eigenvalue weighted by atomic mass is 10.5. The molecule has 76 valence electrons. The SMILES string of the molecule is COC(=O)c1cc(SCC(N)=S)cs1. The second kappa shape index (κ2) is 5.33. The molecule has 1 aromatic rings. The number of thioether (sulfide) groups is 1. The largest absolute Gasteiger partial charge is 0.465 e. The molecule has 0 fully saturated rings. The van der Waals surface area contributed by atoms with Crippen molar-refractivity contribution in [1.29, 1.82) is 0 Å². The molecule has 6 heteroatoms. The number of carbonyl (C=O) groups is 1. The first-order chi connectivity index (χ1) is 6.63. The first-order valence-corrected chi connectivity index (χ1v) is 5.99. The van der Waals surface area contributed by atoms with E-state index in [1.807, 2.05) is 5.38 Å². The van der Waals surface area contributed by atoms with Crippen LogP contribution in [0.1, 0.15) is 9.67 Å². The summed E-state index contributed by atoms with van der Waals surface area (Å²) in [7, 11) is 1.36. The summed E-state index contributed by atoms with van der Waals surface area (Å²) in [4.78, 5) is 13.1. The van der Waals surface area contributed by atoms with Crippen molar-refractivity contribution in [3.8, 4) is 0 Å². The van der Waals surface area contributed by atoms with Gasteiger partial charge in [0, 0.05) is 16.0 Å². The number of methoxy groups -OCH3 is 1. The summed E-state index contributed by atoms with van der Waals surface area (Å²) >= 11 is 7.61. The van der Waals surface area contributed by atoms with E-state index in [-0.39, 0.29) is 5.97 Å². The standard InChI is InChI=1S/C8H9NO2S3/c1-11-8(10)6-2-5(3-14-6)13-4-7(9)12/h2-3H,4H2,1H3,(H2,9,12). The van der Waals surface area contributed by atoms with Gasteiger partial charge in [0.25, 0.3) is 0 Å². The molecule has 1 aromatic heterocycles. The van der Waals surface area contributed by atoms with Gasteiger partial charge in [-0.05, 0) is 6.07 Å². The Kier molecular flexibility index (Phi) is 4.37. The second-order valence-electron chi connectivity index (χ2n) is 2.39. The van der Waals surface area contributed by atoms with E-state index < -0.39 is 0 Å². The molecule has 2 N–H and O–H groups in total. The molecule has 0 saturated heterocycles. The number of hydrogen-bond acceptors (Lipinski definition) is 5. The van der Waals surface area contributed by atoms with E-state index in [0.29, 0.717) is 15.6 Å². The highest BCUT2D eigenvalue weighted by Gasteiger charge is 2.08. The maximum atomic E-state index is 11.1. The van der Waals surface area contributed by atoms with Gasteiger partial charge in [-0.25, -0.2) is 4.79 Å². The number of ether oxygens (including phenoxy) is 1. The number of nitrogens with two attached hydrogens (primary N) is 1. The predicted octanol–water partition coefficient (Wildman–Crippen LogP) is 1.91. The summed E-state index contributed by atoms with van der Waals surface area (Å²) in [5, 5.41) is 1.88. The summed E-state index contributed by atoms with van der Waals surface area (Å²) in [5.41, 5.74) is 5.36. The van der Waals surface area contributed by atoms with Gasteiger partial charge in [0.2, 0.25) is 0 Å². The Balaban J connectivity index is 2.59. The lowest BCUT2D eigenvalue weighted by Gasteiger charge is -1.94. The van der Waals surface area contributed by atoms with Crippen LogP contribution in [0.5, 0.6) is 0 Å². The van der Waals surface area contributed by atoms with Crippen LogP contribution in [-0.2, 0) is 4.74 Å². The molecule has 1 rings (SSSR count). The van der Waals surface area contributed by atoms with Gasteiger partial charge < -0.3 is 10.5 Å². The summed E-state index contributed by atoms with van der Waals surface area (Å²) in [6.07, 6.45) is 0. The van der Waals surface area contributed by atoms with Crippen molar-refractivity contribution < 1.29 is 9.53 Å². The lowest BCUT2D eigenvalue weighted by Crippen LogP contribution is -2.09. The zero-order chi connectivity index (χ0) is 10.6. The van der Waals surface area contributed by atoms with Crippen LogP contribution >= 0.6 is 35.3 Å². The van der Waals surface area contributed by atoms with Crippen molar-refractivity contribution >= 4 is 46.3 Å². The molecule has 0 aromatic carbocycles. The Morgan fingerprint density at radius 3 is 3.07 bits per heavy atom. The predicted molar refractivity (Wildman–Crippen MR) is 63.2 cm³/mol. The van der Waals surface area contributed by atoms with Gasteiger partial charge in [0.15, 0.2) is 0 Å². The van der Waals surface area contributed by atoms with E-state index in [9.17, 15) is 4.79 Å². The fourth-order valence-electron chi connectivity index (χ4n) is 0.757. The first kappa shape index (κ1) is 11.5. The Labute approximate surface area is 95.6 Å². The number of thiophene rings is 1. The maximum Gasteiger partial charge on any atom is 0.348 e. The van der Waals surface area contributed by atoms with Crippen LogP contribution in [0.4, 0.5) is 0 Å². The normalized spacial score (nSPS) is 9.79. The van der Waals surface area contributed by atoms with Crippen molar-refractivity contribution in [2.75, 3.05) is 12.9 Å². The topological polar surface area (TPSA) is 52.3 Å². The monoisotopic (exact) mass is 247 g/mol. The van der Waals surface area contributed by atoms with Gasteiger partial charge in [-0.1, -0.05) is 12.2 Å². The molecule has 14 heavy (non-hydrogen) atoms. The van der Waals surface area contributed by atoms with Gasteiger partial charge >= 0.3 is 5.97 Å². The third-order valence-corrected chi connectivity index (χ3v) is 3.75. The molecular formula is C8H9NO2S3. The van der Waals surface area contributed by atoms with Crippen LogP contribution in [0.25, 0.3) is 0 Å². The van der Waals surface area contributed by atoms with E-state index in [1.165, 1.54) is 30.2 Å². The molecule has 0 spiro atoms. The van der Waals surface area contributed by atoms with Gasteiger partial charge in [0.1, 0.15) is 4.88 Å². The van der Waals surface area contributed by atoms with Crippen LogP contribution in [0.15, 0.2) is 16.3 Å². The molecular weight excluding hydrogens is 238 g/mol. The molecule has 0 aliphatic heterocycles. The molecule has 3 nitrogen and oxygen atoms in total.